The number of nitro groups is 1. The van der Waals surface area contributed by atoms with E-state index in [-0.39, 0.29) is 11.3 Å². The Morgan fingerprint density at radius 3 is 2.66 bits per heavy atom. The van der Waals surface area contributed by atoms with E-state index in [1.54, 1.807) is 30.3 Å². The van der Waals surface area contributed by atoms with Crippen LogP contribution in [-0.2, 0) is 0 Å². The maximum absolute atomic E-state index is 12.8. The molecule has 2 aromatic rings. The molecule has 1 heterocycles. The van der Waals surface area contributed by atoms with Crippen LogP contribution in [0.5, 0.6) is 11.5 Å². The van der Waals surface area contributed by atoms with Crippen molar-refractivity contribution in [2.45, 2.75) is 19.8 Å². The van der Waals surface area contributed by atoms with Gasteiger partial charge in [0.15, 0.2) is 0 Å². The maximum Gasteiger partial charge on any atom is 0.293 e. The number of carbonyl (C=O) groups excluding carboxylic acids is 1. The zero-order valence-corrected chi connectivity index (χ0v) is 16.8. The number of nitrogens with zero attached hydrogens (tertiary/aromatic N) is 2. The molecule has 0 spiro atoms. The molecule has 0 saturated carbocycles. The lowest BCUT2D eigenvalue weighted by Crippen LogP contribution is -2.34. The van der Waals surface area contributed by atoms with Gasteiger partial charge in [0.1, 0.15) is 17.2 Å². The molecule has 1 fully saturated rings. The normalized spacial score (nSPS) is 16.2. The monoisotopic (exact) mass is 399 g/mol. The van der Waals surface area contributed by atoms with Crippen molar-refractivity contribution in [3.05, 3.63) is 52.1 Å². The Bertz CT molecular complexity index is 915. The first kappa shape index (κ1) is 20.4. The summed E-state index contributed by atoms with van der Waals surface area (Å²) in [5.41, 5.74) is 1.12. The summed E-state index contributed by atoms with van der Waals surface area (Å²) in [6.45, 7) is 3.69. The summed E-state index contributed by atoms with van der Waals surface area (Å²) < 4.78 is 10.4. The number of hydrogen-bond acceptors (Lipinski definition) is 6. The molecule has 8 heteroatoms. The van der Waals surface area contributed by atoms with E-state index >= 15 is 0 Å². The summed E-state index contributed by atoms with van der Waals surface area (Å²) in [7, 11) is 3.02. The van der Waals surface area contributed by atoms with Crippen LogP contribution in [0.4, 0.5) is 17.1 Å². The number of ether oxygens (including phenoxy) is 2. The third kappa shape index (κ3) is 4.59. The second kappa shape index (κ2) is 8.81. The standard InChI is InChI=1S/C21H25N3O5/c1-14-5-4-10-23(13-14)18-8-6-15(11-19(18)24(26)27)21(25)22-17-12-16(28-2)7-9-20(17)29-3/h6-9,11-12,14H,4-5,10,13H2,1-3H3,(H,22,25)/t14-/m1/s1. The first-order valence-corrected chi connectivity index (χ1v) is 9.49. The third-order valence-corrected chi connectivity index (χ3v) is 5.09. The Morgan fingerprint density at radius 2 is 2.00 bits per heavy atom. The molecule has 1 N–H and O–H groups in total. The summed E-state index contributed by atoms with van der Waals surface area (Å²) in [5, 5.41) is 14.4. The number of amides is 1. The molecule has 0 bridgehead atoms. The molecule has 1 amide bonds. The average Bonchev–Trinajstić information content (AvgIpc) is 2.73. The van der Waals surface area contributed by atoms with Crippen LogP contribution in [0.3, 0.4) is 0 Å². The fourth-order valence-corrected chi connectivity index (χ4v) is 3.59. The van der Waals surface area contributed by atoms with Gasteiger partial charge < -0.3 is 19.7 Å². The lowest BCUT2D eigenvalue weighted by molar-refractivity contribution is -0.384. The molecule has 1 atom stereocenters. The highest BCUT2D eigenvalue weighted by molar-refractivity contribution is 6.06. The molecule has 3 rings (SSSR count). The van der Waals surface area contributed by atoms with Crippen LogP contribution in [0.15, 0.2) is 36.4 Å². The summed E-state index contributed by atoms with van der Waals surface area (Å²) >= 11 is 0. The van der Waals surface area contributed by atoms with E-state index in [2.05, 4.69) is 12.2 Å². The smallest absolute Gasteiger partial charge is 0.293 e. The Balaban J connectivity index is 1.88. The molecule has 0 aliphatic carbocycles. The van der Waals surface area contributed by atoms with Gasteiger partial charge in [0.2, 0.25) is 0 Å². The molecule has 0 aromatic heterocycles. The minimum absolute atomic E-state index is 0.0654. The molecule has 8 nitrogen and oxygen atoms in total. The van der Waals surface area contributed by atoms with Crippen molar-refractivity contribution in [2.24, 2.45) is 5.92 Å². The molecule has 1 saturated heterocycles. The lowest BCUT2D eigenvalue weighted by atomic mass is 9.99. The van der Waals surface area contributed by atoms with E-state index in [0.29, 0.717) is 28.8 Å². The molecule has 0 unspecified atom stereocenters. The molecular weight excluding hydrogens is 374 g/mol. The van der Waals surface area contributed by atoms with E-state index in [9.17, 15) is 14.9 Å². The molecule has 2 aromatic carbocycles. The van der Waals surface area contributed by atoms with Crippen molar-refractivity contribution in [2.75, 3.05) is 37.5 Å². The van der Waals surface area contributed by atoms with Gasteiger partial charge in [0, 0.05) is 30.8 Å². The van der Waals surface area contributed by atoms with Gasteiger partial charge in [0.05, 0.1) is 24.8 Å². The predicted octanol–water partition coefficient (Wildman–Crippen LogP) is 4.10. The van der Waals surface area contributed by atoms with Gasteiger partial charge >= 0.3 is 0 Å². The van der Waals surface area contributed by atoms with Crippen molar-refractivity contribution in [1.29, 1.82) is 0 Å². The number of hydrogen-bond donors (Lipinski definition) is 1. The second-order valence-corrected chi connectivity index (χ2v) is 7.17. The number of rotatable bonds is 6. The molecular formula is C21H25N3O5. The van der Waals surface area contributed by atoms with Gasteiger partial charge in [-0.25, -0.2) is 0 Å². The fourth-order valence-electron chi connectivity index (χ4n) is 3.59. The van der Waals surface area contributed by atoms with E-state index in [1.807, 2.05) is 4.90 Å². The van der Waals surface area contributed by atoms with E-state index in [4.69, 9.17) is 9.47 Å². The van der Waals surface area contributed by atoms with Gasteiger partial charge in [-0.15, -0.1) is 0 Å². The zero-order valence-electron chi connectivity index (χ0n) is 16.8. The number of methoxy groups -OCH3 is 2. The van der Waals surface area contributed by atoms with Crippen LogP contribution in [0.1, 0.15) is 30.1 Å². The first-order chi connectivity index (χ1) is 13.9. The summed E-state index contributed by atoms with van der Waals surface area (Å²) in [6, 6.07) is 9.63. The Labute approximate surface area is 169 Å². The summed E-state index contributed by atoms with van der Waals surface area (Å²) in [5.74, 6) is 1.04. The number of anilines is 2. The first-order valence-electron chi connectivity index (χ1n) is 9.49. The minimum atomic E-state index is -0.460. The quantitative estimate of drug-likeness (QED) is 0.581. The maximum atomic E-state index is 12.8. The largest absolute Gasteiger partial charge is 0.497 e. The summed E-state index contributed by atoms with van der Waals surface area (Å²) in [4.78, 5) is 26.0. The lowest BCUT2D eigenvalue weighted by Gasteiger charge is -2.32. The van der Waals surface area contributed by atoms with E-state index in [0.717, 1.165) is 25.9 Å². The van der Waals surface area contributed by atoms with Crippen molar-refractivity contribution in [3.63, 3.8) is 0 Å². The van der Waals surface area contributed by atoms with Crippen molar-refractivity contribution < 1.29 is 19.2 Å². The van der Waals surface area contributed by atoms with Gasteiger partial charge in [-0.1, -0.05) is 6.92 Å². The second-order valence-electron chi connectivity index (χ2n) is 7.17. The SMILES string of the molecule is COc1ccc(OC)c(NC(=O)c2ccc(N3CCC[C@@H](C)C3)c([N+](=O)[O-])c2)c1. The molecule has 29 heavy (non-hydrogen) atoms. The highest BCUT2D eigenvalue weighted by atomic mass is 16.6. The van der Waals surface area contributed by atoms with Gasteiger partial charge in [-0.3, -0.25) is 14.9 Å². The van der Waals surface area contributed by atoms with Gasteiger partial charge in [-0.05, 0) is 43.0 Å². The number of benzene rings is 2. The fraction of sp³-hybridized carbons (Fsp3) is 0.381. The van der Waals surface area contributed by atoms with E-state index < -0.39 is 10.8 Å². The number of nitrogens with one attached hydrogen (secondary N) is 1. The van der Waals surface area contributed by atoms with Crippen molar-refractivity contribution in [3.8, 4) is 11.5 Å². The number of piperidine rings is 1. The Morgan fingerprint density at radius 1 is 1.21 bits per heavy atom. The van der Waals surface area contributed by atoms with Gasteiger partial charge in [-0.2, -0.15) is 0 Å². The predicted molar refractivity (Wildman–Crippen MR) is 111 cm³/mol. The minimum Gasteiger partial charge on any atom is -0.497 e. The van der Waals surface area contributed by atoms with Crippen LogP contribution in [0.25, 0.3) is 0 Å². The zero-order chi connectivity index (χ0) is 21.0. The number of nitro benzene ring substituents is 1. The highest BCUT2D eigenvalue weighted by Crippen LogP contribution is 2.33. The van der Waals surface area contributed by atoms with Crippen LogP contribution < -0.4 is 19.7 Å². The molecule has 1 aliphatic heterocycles. The summed E-state index contributed by atoms with van der Waals surface area (Å²) in [6.07, 6.45) is 2.11. The molecule has 0 radical (unpaired) electrons. The van der Waals surface area contributed by atoms with Crippen molar-refractivity contribution in [1.82, 2.24) is 0 Å². The van der Waals surface area contributed by atoms with Crippen LogP contribution in [0, 0.1) is 16.0 Å². The third-order valence-electron chi connectivity index (χ3n) is 5.09. The molecule has 154 valence electrons. The topological polar surface area (TPSA) is 93.9 Å². The van der Waals surface area contributed by atoms with E-state index in [1.165, 1.54) is 20.3 Å². The Hall–Kier alpha value is -3.29. The Kier molecular flexibility index (Phi) is 6.21. The van der Waals surface area contributed by atoms with Crippen LogP contribution in [-0.4, -0.2) is 38.1 Å². The average molecular weight is 399 g/mol. The number of carbonyl (C=O) groups is 1. The van der Waals surface area contributed by atoms with Gasteiger partial charge in [0.25, 0.3) is 11.6 Å². The molecule has 1 aliphatic rings. The van der Waals surface area contributed by atoms with Crippen LogP contribution in [0.2, 0.25) is 0 Å². The highest BCUT2D eigenvalue weighted by Gasteiger charge is 2.25. The van der Waals surface area contributed by atoms with Crippen molar-refractivity contribution >= 4 is 23.0 Å². The van der Waals surface area contributed by atoms with Crippen LogP contribution >= 0.6 is 0 Å².